The Labute approximate surface area is 98.9 Å². The summed E-state index contributed by atoms with van der Waals surface area (Å²) in [5.41, 5.74) is 2.90. The van der Waals surface area contributed by atoms with E-state index in [4.69, 9.17) is 5.11 Å². The van der Waals surface area contributed by atoms with Crippen molar-refractivity contribution in [3.63, 3.8) is 0 Å². The molecule has 2 rings (SSSR count). The van der Waals surface area contributed by atoms with Gasteiger partial charge in [-0.1, -0.05) is 6.07 Å². The maximum Gasteiger partial charge on any atom is 0.222 e. The van der Waals surface area contributed by atoms with E-state index in [1.807, 2.05) is 25.1 Å². The van der Waals surface area contributed by atoms with E-state index in [2.05, 4.69) is 15.3 Å². The van der Waals surface area contributed by atoms with Crippen LogP contribution in [0.5, 0.6) is 0 Å². The van der Waals surface area contributed by atoms with E-state index in [1.165, 1.54) is 0 Å². The monoisotopic (exact) mass is 233 g/mol. The lowest BCUT2D eigenvalue weighted by molar-refractivity contribution is -0.121. The van der Waals surface area contributed by atoms with Gasteiger partial charge in [-0.3, -0.25) is 4.79 Å². The lowest BCUT2D eigenvalue weighted by atomic mass is 10.2. The lowest BCUT2D eigenvalue weighted by Crippen LogP contribution is -2.23. The smallest absolute Gasteiger partial charge is 0.222 e. The summed E-state index contributed by atoms with van der Waals surface area (Å²) in [6.07, 6.45) is 0.144. The normalized spacial score (nSPS) is 10.7. The molecule has 90 valence electrons. The Morgan fingerprint density at radius 1 is 1.53 bits per heavy atom. The molecule has 5 nitrogen and oxygen atoms in total. The second-order valence-corrected chi connectivity index (χ2v) is 3.92. The zero-order chi connectivity index (χ0) is 12.3. The number of hydrogen-bond acceptors (Lipinski definition) is 3. The van der Waals surface area contributed by atoms with Crippen molar-refractivity contribution in [2.75, 3.05) is 6.61 Å². The van der Waals surface area contributed by atoms with Gasteiger partial charge in [0, 0.05) is 13.0 Å². The first-order valence-corrected chi connectivity index (χ1v) is 5.52. The van der Waals surface area contributed by atoms with Crippen molar-refractivity contribution < 1.29 is 9.90 Å². The molecule has 1 amide bonds. The van der Waals surface area contributed by atoms with Crippen LogP contribution in [0.2, 0.25) is 0 Å². The molecule has 3 N–H and O–H groups in total. The molecule has 1 aromatic heterocycles. The van der Waals surface area contributed by atoms with Gasteiger partial charge in [-0.05, 0) is 24.6 Å². The van der Waals surface area contributed by atoms with Gasteiger partial charge in [-0.25, -0.2) is 4.98 Å². The van der Waals surface area contributed by atoms with E-state index < -0.39 is 0 Å². The van der Waals surface area contributed by atoms with Gasteiger partial charge in [0.2, 0.25) is 5.91 Å². The molecular formula is C12H15N3O2. The van der Waals surface area contributed by atoms with Crippen LogP contribution in [0.1, 0.15) is 17.8 Å². The highest BCUT2D eigenvalue weighted by Crippen LogP contribution is 2.13. The number of nitrogens with one attached hydrogen (secondary N) is 2. The van der Waals surface area contributed by atoms with Crippen molar-refractivity contribution in [3.8, 4) is 0 Å². The Hall–Kier alpha value is -1.88. The Morgan fingerprint density at radius 3 is 3.12 bits per heavy atom. The molecule has 17 heavy (non-hydrogen) atoms. The molecule has 0 fully saturated rings. The maximum atomic E-state index is 11.2. The van der Waals surface area contributed by atoms with Crippen LogP contribution < -0.4 is 5.32 Å². The number of aromatic nitrogens is 2. The first-order chi connectivity index (χ1) is 8.19. The summed E-state index contributed by atoms with van der Waals surface area (Å²) in [5.74, 6) is 0.731. The molecule has 0 unspecified atom stereocenters. The second-order valence-electron chi connectivity index (χ2n) is 3.92. The van der Waals surface area contributed by atoms with E-state index in [9.17, 15) is 4.79 Å². The first-order valence-electron chi connectivity index (χ1n) is 5.52. The van der Waals surface area contributed by atoms with Gasteiger partial charge in [0.1, 0.15) is 5.82 Å². The minimum atomic E-state index is -0.145. The number of carbonyl (C=O) groups is 1. The molecule has 1 aromatic carbocycles. The first kappa shape index (κ1) is 11.6. The molecule has 0 radical (unpaired) electrons. The number of nitrogens with zero attached hydrogens (tertiary/aromatic N) is 1. The molecule has 0 bridgehead atoms. The average Bonchev–Trinajstić information content (AvgIpc) is 2.66. The van der Waals surface area contributed by atoms with Gasteiger partial charge in [-0.15, -0.1) is 0 Å². The molecule has 0 saturated carbocycles. The molecule has 2 aromatic rings. The predicted octanol–water partition coefficient (Wildman–Crippen LogP) is 0.870. The third-order valence-electron chi connectivity index (χ3n) is 2.49. The quantitative estimate of drug-likeness (QED) is 0.733. The fourth-order valence-corrected chi connectivity index (χ4v) is 1.68. The minimum absolute atomic E-state index is 0.120. The number of amides is 1. The number of fused-ring (bicyclic) bond motifs is 1. The number of aromatic amines is 1. The third-order valence-corrected chi connectivity index (χ3v) is 2.49. The van der Waals surface area contributed by atoms with Gasteiger partial charge in [0.15, 0.2) is 0 Å². The summed E-state index contributed by atoms with van der Waals surface area (Å²) in [6, 6.07) is 5.82. The molecule has 0 atom stereocenters. The molecular weight excluding hydrogens is 218 g/mol. The number of benzene rings is 1. The van der Waals surface area contributed by atoms with Gasteiger partial charge < -0.3 is 15.4 Å². The van der Waals surface area contributed by atoms with E-state index in [0.29, 0.717) is 6.54 Å². The van der Waals surface area contributed by atoms with E-state index in [0.717, 1.165) is 22.4 Å². The number of aliphatic hydroxyl groups excluding tert-OH is 1. The van der Waals surface area contributed by atoms with Crippen LogP contribution in [-0.2, 0) is 11.3 Å². The van der Waals surface area contributed by atoms with Crippen LogP contribution >= 0.6 is 0 Å². The van der Waals surface area contributed by atoms with Crippen molar-refractivity contribution in [2.24, 2.45) is 0 Å². The van der Waals surface area contributed by atoms with Crippen LogP contribution in [0.3, 0.4) is 0 Å². The Kier molecular flexibility index (Phi) is 3.39. The molecule has 1 heterocycles. The highest BCUT2D eigenvalue weighted by atomic mass is 16.3. The predicted molar refractivity (Wildman–Crippen MR) is 64.4 cm³/mol. The fourth-order valence-electron chi connectivity index (χ4n) is 1.68. The maximum absolute atomic E-state index is 11.2. The highest BCUT2D eigenvalue weighted by molar-refractivity contribution is 5.77. The summed E-state index contributed by atoms with van der Waals surface area (Å²) < 4.78 is 0. The van der Waals surface area contributed by atoms with Crippen LogP contribution in [0.4, 0.5) is 0 Å². The SMILES string of the molecule is Cc1nc2ccc(CNC(=O)CCO)cc2[nH]1. The number of rotatable bonds is 4. The van der Waals surface area contributed by atoms with Crippen LogP contribution in [0.15, 0.2) is 18.2 Å². The second kappa shape index (κ2) is 4.97. The number of aliphatic hydroxyl groups is 1. The largest absolute Gasteiger partial charge is 0.396 e. The molecule has 0 aliphatic heterocycles. The van der Waals surface area contributed by atoms with Crippen molar-refractivity contribution in [3.05, 3.63) is 29.6 Å². The van der Waals surface area contributed by atoms with Crippen molar-refractivity contribution >= 4 is 16.9 Å². The van der Waals surface area contributed by atoms with Crippen LogP contribution in [0.25, 0.3) is 11.0 Å². The van der Waals surface area contributed by atoms with Crippen molar-refractivity contribution in [1.29, 1.82) is 0 Å². The minimum Gasteiger partial charge on any atom is -0.396 e. The highest BCUT2D eigenvalue weighted by Gasteiger charge is 2.03. The van der Waals surface area contributed by atoms with Crippen molar-refractivity contribution in [2.45, 2.75) is 19.9 Å². The Balaban J connectivity index is 2.06. The number of carbonyl (C=O) groups excluding carboxylic acids is 1. The molecule has 0 aliphatic carbocycles. The molecule has 0 spiro atoms. The summed E-state index contributed by atoms with van der Waals surface area (Å²) in [7, 11) is 0. The lowest BCUT2D eigenvalue weighted by Gasteiger charge is -2.04. The van der Waals surface area contributed by atoms with E-state index in [-0.39, 0.29) is 18.9 Å². The van der Waals surface area contributed by atoms with Crippen LogP contribution in [-0.4, -0.2) is 27.6 Å². The van der Waals surface area contributed by atoms with E-state index >= 15 is 0 Å². The Bertz CT molecular complexity index is 534. The molecule has 0 aliphatic rings. The summed E-state index contributed by atoms with van der Waals surface area (Å²) in [5, 5.41) is 11.3. The summed E-state index contributed by atoms with van der Waals surface area (Å²) in [4.78, 5) is 18.6. The number of hydrogen-bond donors (Lipinski definition) is 3. The third kappa shape index (κ3) is 2.82. The number of H-pyrrole nitrogens is 1. The zero-order valence-corrected chi connectivity index (χ0v) is 9.66. The van der Waals surface area contributed by atoms with Gasteiger partial charge in [0.25, 0.3) is 0 Å². The number of aryl methyl sites for hydroxylation is 1. The Morgan fingerprint density at radius 2 is 2.35 bits per heavy atom. The standard InChI is InChI=1S/C12H15N3O2/c1-8-14-10-3-2-9(6-11(10)15-8)7-13-12(17)4-5-16/h2-3,6,16H,4-5,7H2,1H3,(H,13,17)(H,14,15). The summed E-state index contributed by atoms with van der Waals surface area (Å²) in [6.45, 7) is 2.25. The summed E-state index contributed by atoms with van der Waals surface area (Å²) >= 11 is 0. The fraction of sp³-hybridized carbons (Fsp3) is 0.333. The van der Waals surface area contributed by atoms with Gasteiger partial charge in [0.05, 0.1) is 17.6 Å². The number of imidazole rings is 1. The van der Waals surface area contributed by atoms with Crippen LogP contribution in [0, 0.1) is 6.92 Å². The molecule has 0 saturated heterocycles. The zero-order valence-electron chi connectivity index (χ0n) is 9.66. The van der Waals surface area contributed by atoms with E-state index in [1.54, 1.807) is 0 Å². The van der Waals surface area contributed by atoms with Crippen molar-refractivity contribution in [1.82, 2.24) is 15.3 Å². The average molecular weight is 233 g/mol. The molecule has 5 heteroatoms. The van der Waals surface area contributed by atoms with Gasteiger partial charge >= 0.3 is 0 Å². The topological polar surface area (TPSA) is 78.0 Å². The van der Waals surface area contributed by atoms with Gasteiger partial charge in [-0.2, -0.15) is 0 Å².